The lowest BCUT2D eigenvalue weighted by Gasteiger charge is -2.15. The van der Waals surface area contributed by atoms with Gasteiger partial charge in [0.15, 0.2) is 0 Å². The van der Waals surface area contributed by atoms with Crippen LogP contribution < -0.4 is 5.73 Å². The Labute approximate surface area is 187 Å². The average Bonchev–Trinajstić information content (AvgIpc) is 2.85. The van der Waals surface area contributed by atoms with E-state index in [4.69, 9.17) is 10.7 Å². The number of rotatable bonds is 4. The second kappa shape index (κ2) is 8.25. The van der Waals surface area contributed by atoms with Crippen LogP contribution in [-0.4, -0.2) is 15.1 Å². The van der Waals surface area contributed by atoms with Crippen molar-refractivity contribution >= 4 is 10.9 Å². The summed E-state index contributed by atoms with van der Waals surface area (Å²) in [6.45, 7) is 2.56. The highest BCUT2D eigenvalue weighted by atomic mass is 16.3. The van der Waals surface area contributed by atoms with Crippen LogP contribution >= 0.6 is 0 Å². The number of nitrogens with zero attached hydrogens (tertiary/aromatic N) is 2. The van der Waals surface area contributed by atoms with Crippen molar-refractivity contribution in [1.29, 1.82) is 0 Å². The number of hydrogen-bond acceptors (Lipinski definition) is 4. The van der Waals surface area contributed by atoms with E-state index in [1.807, 2.05) is 48.5 Å². The number of pyridine rings is 2. The summed E-state index contributed by atoms with van der Waals surface area (Å²) in [6.07, 6.45) is 1.70. The zero-order chi connectivity index (χ0) is 22.1. The molecule has 5 rings (SSSR count). The van der Waals surface area contributed by atoms with Gasteiger partial charge in [0.25, 0.3) is 0 Å². The molecule has 32 heavy (non-hydrogen) atoms. The molecule has 0 radical (unpaired) electrons. The van der Waals surface area contributed by atoms with E-state index in [1.165, 1.54) is 0 Å². The number of nitrogens with two attached hydrogens (primary N) is 1. The van der Waals surface area contributed by atoms with Crippen LogP contribution in [0.5, 0.6) is 5.88 Å². The van der Waals surface area contributed by atoms with Crippen LogP contribution in [0.15, 0.2) is 91.1 Å². The SMILES string of the molecule is Cc1ccccc1-c1cnc(O)c2cc(-c3ccccc3)c(-c3ccc(CN)cc3)nc12. The molecule has 0 atom stereocenters. The minimum atomic E-state index is -0.0213. The first-order valence-electron chi connectivity index (χ1n) is 10.6. The molecular weight excluding hydrogens is 394 g/mol. The molecule has 0 amide bonds. The summed E-state index contributed by atoms with van der Waals surface area (Å²) in [7, 11) is 0. The fourth-order valence-corrected chi connectivity index (χ4v) is 4.07. The monoisotopic (exact) mass is 417 g/mol. The molecule has 3 aromatic carbocycles. The van der Waals surface area contributed by atoms with Crippen molar-refractivity contribution in [3.63, 3.8) is 0 Å². The van der Waals surface area contributed by atoms with E-state index < -0.39 is 0 Å². The molecular formula is C28H23N3O. The molecule has 4 heteroatoms. The topological polar surface area (TPSA) is 72.0 Å². The fraction of sp³-hybridized carbons (Fsp3) is 0.0714. The first-order chi connectivity index (χ1) is 15.7. The summed E-state index contributed by atoms with van der Waals surface area (Å²) in [5.74, 6) is -0.0213. The molecule has 156 valence electrons. The quantitative estimate of drug-likeness (QED) is 0.370. The zero-order valence-corrected chi connectivity index (χ0v) is 17.8. The van der Waals surface area contributed by atoms with Gasteiger partial charge in [0.2, 0.25) is 5.88 Å². The first kappa shape index (κ1) is 19.9. The molecule has 2 heterocycles. The summed E-state index contributed by atoms with van der Waals surface area (Å²) in [4.78, 5) is 9.41. The third kappa shape index (κ3) is 3.51. The molecule has 2 aromatic heterocycles. The van der Waals surface area contributed by atoms with Crippen molar-refractivity contribution in [3.05, 3.63) is 102 Å². The molecule has 0 aliphatic rings. The maximum atomic E-state index is 10.6. The Balaban J connectivity index is 1.85. The normalized spacial score (nSPS) is 11.1. The van der Waals surface area contributed by atoms with Gasteiger partial charge in [-0.25, -0.2) is 9.97 Å². The third-order valence-electron chi connectivity index (χ3n) is 5.82. The van der Waals surface area contributed by atoms with E-state index in [2.05, 4.69) is 48.3 Å². The highest BCUT2D eigenvalue weighted by Gasteiger charge is 2.17. The van der Waals surface area contributed by atoms with Gasteiger partial charge in [-0.2, -0.15) is 0 Å². The molecule has 0 aliphatic heterocycles. The molecule has 0 bridgehead atoms. The lowest BCUT2D eigenvalue weighted by Crippen LogP contribution is -1.97. The molecule has 3 N–H and O–H groups in total. The molecule has 0 aliphatic carbocycles. The van der Waals surface area contributed by atoms with Crippen molar-refractivity contribution in [2.45, 2.75) is 13.5 Å². The van der Waals surface area contributed by atoms with Crippen LogP contribution in [0.2, 0.25) is 0 Å². The Bertz CT molecular complexity index is 1410. The fourth-order valence-electron chi connectivity index (χ4n) is 4.07. The Morgan fingerprint density at radius 3 is 2.22 bits per heavy atom. The van der Waals surface area contributed by atoms with E-state index in [9.17, 15) is 5.11 Å². The molecule has 0 unspecified atom stereocenters. The van der Waals surface area contributed by atoms with Gasteiger partial charge < -0.3 is 10.8 Å². The minimum Gasteiger partial charge on any atom is -0.493 e. The Hall–Kier alpha value is -4.02. The van der Waals surface area contributed by atoms with Gasteiger partial charge in [0.1, 0.15) is 0 Å². The second-order valence-corrected chi connectivity index (χ2v) is 7.86. The van der Waals surface area contributed by atoms with E-state index in [0.29, 0.717) is 11.9 Å². The van der Waals surface area contributed by atoms with Crippen molar-refractivity contribution in [2.24, 2.45) is 5.73 Å². The van der Waals surface area contributed by atoms with Gasteiger partial charge in [-0.1, -0.05) is 78.9 Å². The van der Waals surface area contributed by atoms with Crippen molar-refractivity contribution in [3.8, 4) is 39.4 Å². The standard InChI is InChI=1S/C28H23N3O/c1-18-7-5-6-10-22(18)25-17-30-28(32)24-15-23(20-8-3-2-4-9-20)26(31-27(24)25)21-13-11-19(16-29)12-14-21/h2-15,17H,16,29H2,1H3,(H,30,32). The highest BCUT2D eigenvalue weighted by molar-refractivity contribution is 6.01. The van der Waals surface area contributed by atoms with Crippen LogP contribution in [0.25, 0.3) is 44.4 Å². The van der Waals surface area contributed by atoms with Gasteiger partial charge in [-0.05, 0) is 35.2 Å². The maximum Gasteiger partial charge on any atom is 0.220 e. The summed E-state index contributed by atoms with van der Waals surface area (Å²) < 4.78 is 0. The van der Waals surface area contributed by atoms with Crippen LogP contribution in [0.4, 0.5) is 0 Å². The molecule has 5 aromatic rings. The van der Waals surface area contributed by atoms with Crippen LogP contribution in [0, 0.1) is 6.92 Å². The lowest BCUT2D eigenvalue weighted by atomic mass is 9.94. The lowest BCUT2D eigenvalue weighted by molar-refractivity contribution is 0.460. The van der Waals surface area contributed by atoms with E-state index in [-0.39, 0.29) is 5.88 Å². The molecule has 0 spiro atoms. The van der Waals surface area contributed by atoms with Crippen LogP contribution in [-0.2, 0) is 6.54 Å². The average molecular weight is 418 g/mol. The number of aromatic hydroxyl groups is 1. The smallest absolute Gasteiger partial charge is 0.220 e. The molecule has 0 saturated carbocycles. The zero-order valence-electron chi connectivity index (χ0n) is 17.8. The van der Waals surface area contributed by atoms with Gasteiger partial charge in [0, 0.05) is 29.4 Å². The number of benzene rings is 3. The van der Waals surface area contributed by atoms with Crippen LogP contribution in [0.1, 0.15) is 11.1 Å². The Morgan fingerprint density at radius 1 is 0.781 bits per heavy atom. The number of aryl methyl sites for hydroxylation is 1. The van der Waals surface area contributed by atoms with Gasteiger partial charge in [-0.3, -0.25) is 0 Å². The van der Waals surface area contributed by atoms with Gasteiger partial charge >= 0.3 is 0 Å². The number of aromatic nitrogens is 2. The van der Waals surface area contributed by atoms with E-state index >= 15 is 0 Å². The second-order valence-electron chi connectivity index (χ2n) is 7.86. The van der Waals surface area contributed by atoms with E-state index in [1.54, 1.807) is 6.20 Å². The summed E-state index contributed by atoms with van der Waals surface area (Å²) in [5.41, 5.74) is 14.5. The Kier molecular flexibility index (Phi) is 5.13. The predicted molar refractivity (Wildman–Crippen MR) is 130 cm³/mol. The molecule has 0 saturated heterocycles. The van der Waals surface area contributed by atoms with E-state index in [0.717, 1.165) is 50.2 Å². The largest absolute Gasteiger partial charge is 0.493 e. The minimum absolute atomic E-state index is 0.0213. The molecule has 0 fully saturated rings. The van der Waals surface area contributed by atoms with Gasteiger partial charge in [-0.15, -0.1) is 0 Å². The third-order valence-corrected chi connectivity index (χ3v) is 5.82. The molecule has 4 nitrogen and oxygen atoms in total. The highest BCUT2D eigenvalue weighted by Crippen LogP contribution is 2.39. The predicted octanol–water partition coefficient (Wildman–Crippen LogP) is 6.10. The van der Waals surface area contributed by atoms with Crippen molar-refractivity contribution in [1.82, 2.24) is 9.97 Å². The Morgan fingerprint density at radius 2 is 1.50 bits per heavy atom. The number of hydrogen-bond donors (Lipinski definition) is 2. The maximum absolute atomic E-state index is 10.6. The van der Waals surface area contributed by atoms with Crippen LogP contribution in [0.3, 0.4) is 0 Å². The summed E-state index contributed by atoms with van der Waals surface area (Å²) >= 11 is 0. The van der Waals surface area contributed by atoms with Crippen molar-refractivity contribution in [2.75, 3.05) is 0 Å². The first-order valence-corrected chi connectivity index (χ1v) is 10.6. The summed E-state index contributed by atoms with van der Waals surface area (Å²) in [6, 6.07) is 28.4. The summed E-state index contributed by atoms with van der Waals surface area (Å²) in [5, 5.41) is 11.3. The van der Waals surface area contributed by atoms with Crippen molar-refractivity contribution < 1.29 is 5.11 Å². The van der Waals surface area contributed by atoms with Gasteiger partial charge in [0.05, 0.1) is 16.6 Å². The number of fused-ring (bicyclic) bond motifs is 1.